The summed E-state index contributed by atoms with van der Waals surface area (Å²) >= 11 is 6.79. The smallest absolute Gasteiger partial charge is 0.291 e. The normalized spacial score (nSPS) is 10.4. The number of furan rings is 1. The Balaban J connectivity index is 1.80. The molecule has 0 atom stereocenters. The molecule has 5 nitrogen and oxygen atoms in total. The molecule has 1 heterocycles. The number of aryl methyl sites for hydroxylation is 1. The van der Waals surface area contributed by atoms with Gasteiger partial charge in [0, 0.05) is 20.2 Å². The first-order chi connectivity index (χ1) is 12.4. The van der Waals surface area contributed by atoms with Crippen molar-refractivity contribution in [3.05, 3.63) is 80.6 Å². The Bertz CT molecular complexity index is 969. The van der Waals surface area contributed by atoms with E-state index in [9.17, 15) is 9.59 Å². The summed E-state index contributed by atoms with van der Waals surface area (Å²) in [5.74, 6) is -0.439. The van der Waals surface area contributed by atoms with Gasteiger partial charge in [0.15, 0.2) is 5.76 Å². The van der Waals surface area contributed by atoms with Crippen molar-refractivity contribution in [1.29, 1.82) is 0 Å². The number of amides is 2. The van der Waals surface area contributed by atoms with Gasteiger partial charge in [0.05, 0.1) is 12.0 Å². The minimum Gasteiger partial charge on any atom is -0.459 e. The monoisotopic (exact) mass is 476 g/mol. The standard InChI is InChI=1S/C19H14Br2N2O3/c1-11-4-5-12(9-16(11)23-19(25)17-3-2-8-26-17)18(24)22-15-7-6-13(20)10-14(15)21/h2-10H,1H3,(H,22,24)(H,23,25). The average Bonchev–Trinajstić information content (AvgIpc) is 3.14. The highest BCUT2D eigenvalue weighted by atomic mass is 79.9. The Kier molecular flexibility index (Phi) is 5.58. The van der Waals surface area contributed by atoms with E-state index in [2.05, 4.69) is 42.5 Å². The Morgan fingerprint density at radius 1 is 0.923 bits per heavy atom. The number of hydrogen-bond donors (Lipinski definition) is 2. The summed E-state index contributed by atoms with van der Waals surface area (Å²) in [4.78, 5) is 24.7. The van der Waals surface area contributed by atoms with Crippen molar-refractivity contribution < 1.29 is 14.0 Å². The van der Waals surface area contributed by atoms with Crippen molar-refractivity contribution in [1.82, 2.24) is 0 Å². The second-order valence-electron chi connectivity index (χ2n) is 5.54. The molecule has 2 amide bonds. The second kappa shape index (κ2) is 7.88. The number of carbonyl (C=O) groups is 2. The van der Waals surface area contributed by atoms with Crippen LogP contribution in [0.3, 0.4) is 0 Å². The van der Waals surface area contributed by atoms with E-state index < -0.39 is 0 Å². The molecule has 0 bridgehead atoms. The van der Waals surface area contributed by atoms with Gasteiger partial charge in [0.1, 0.15) is 0 Å². The maximum absolute atomic E-state index is 12.6. The lowest BCUT2D eigenvalue weighted by Crippen LogP contribution is -2.15. The van der Waals surface area contributed by atoms with Crippen LogP contribution in [-0.4, -0.2) is 11.8 Å². The van der Waals surface area contributed by atoms with Crippen LogP contribution >= 0.6 is 31.9 Å². The summed E-state index contributed by atoms with van der Waals surface area (Å²) in [6, 6.07) is 13.8. The predicted molar refractivity (Wildman–Crippen MR) is 108 cm³/mol. The van der Waals surface area contributed by atoms with Gasteiger partial charge in [-0.3, -0.25) is 9.59 Å². The van der Waals surface area contributed by atoms with Gasteiger partial charge in [-0.05, 0) is 70.9 Å². The fourth-order valence-corrected chi connectivity index (χ4v) is 3.42. The largest absolute Gasteiger partial charge is 0.459 e. The maximum Gasteiger partial charge on any atom is 0.291 e. The minimum absolute atomic E-state index is 0.207. The highest BCUT2D eigenvalue weighted by molar-refractivity contribution is 9.11. The number of nitrogens with one attached hydrogen (secondary N) is 2. The lowest BCUT2D eigenvalue weighted by Gasteiger charge is -2.11. The third kappa shape index (κ3) is 4.23. The molecule has 3 rings (SSSR count). The SMILES string of the molecule is Cc1ccc(C(=O)Nc2ccc(Br)cc2Br)cc1NC(=O)c1ccco1. The summed E-state index contributed by atoms with van der Waals surface area (Å²) in [5.41, 5.74) is 2.47. The topological polar surface area (TPSA) is 71.3 Å². The first kappa shape index (κ1) is 18.4. The quantitative estimate of drug-likeness (QED) is 0.512. The van der Waals surface area contributed by atoms with Gasteiger partial charge < -0.3 is 15.1 Å². The zero-order valence-electron chi connectivity index (χ0n) is 13.7. The van der Waals surface area contributed by atoms with E-state index in [0.29, 0.717) is 16.9 Å². The molecule has 0 aliphatic rings. The first-order valence-electron chi connectivity index (χ1n) is 7.66. The molecular weight excluding hydrogens is 464 g/mol. The number of carbonyl (C=O) groups excluding carboxylic acids is 2. The fourth-order valence-electron chi connectivity index (χ4n) is 2.27. The Labute approximate surface area is 167 Å². The summed E-state index contributed by atoms with van der Waals surface area (Å²) in [7, 11) is 0. The fraction of sp³-hybridized carbons (Fsp3) is 0.0526. The summed E-state index contributed by atoms with van der Waals surface area (Å²) < 4.78 is 6.75. The molecule has 26 heavy (non-hydrogen) atoms. The van der Waals surface area contributed by atoms with E-state index in [-0.39, 0.29) is 17.6 Å². The number of hydrogen-bond acceptors (Lipinski definition) is 3. The summed E-state index contributed by atoms with van der Waals surface area (Å²) in [6.07, 6.45) is 1.43. The van der Waals surface area contributed by atoms with E-state index in [1.165, 1.54) is 6.26 Å². The molecule has 7 heteroatoms. The number of halogens is 2. The molecule has 3 aromatic rings. The van der Waals surface area contributed by atoms with E-state index in [1.54, 1.807) is 36.4 Å². The van der Waals surface area contributed by atoms with Crippen molar-refractivity contribution in [2.24, 2.45) is 0 Å². The highest BCUT2D eigenvalue weighted by Crippen LogP contribution is 2.27. The molecule has 0 aliphatic heterocycles. The molecule has 1 aromatic heterocycles. The van der Waals surface area contributed by atoms with Gasteiger partial charge in [-0.1, -0.05) is 22.0 Å². The van der Waals surface area contributed by atoms with Crippen molar-refractivity contribution in [2.75, 3.05) is 10.6 Å². The van der Waals surface area contributed by atoms with Crippen LogP contribution in [0.1, 0.15) is 26.5 Å². The van der Waals surface area contributed by atoms with Gasteiger partial charge in [-0.2, -0.15) is 0 Å². The van der Waals surface area contributed by atoms with Crippen molar-refractivity contribution >= 4 is 55.0 Å². The van der Waals surface area contributed by atoms with Crippen LogP contribution in [0.5, 0.6) is 0 Å². The summed E-state index contributed by atoms with van der Waals surface area (Å²) in [6.45, 7) is 1.85. The van der Waals surface area contributed by atoms with Crippen LogP contribution < -0.4 is 10.6 Å². The molecule has 0 spiro atoms. The first-order valence-corrected chi connectivity index (χ1v) is 9.24. The average molecular weight is 478 g/mol. The molecule has 0 aliphatic carbocycles. The molecule has 0 saturated carbocycles. The Morgan fingerprint density at radius 2 is 1.69 bits per heavy atom. The third-order valence-electron chi connectivity index (χ3n) is 3.67. The van der Waals surface area contributed by atoms with Gasteiger partial charge in [0.25, 0.3) is 11.8 Å². The molecular formula is C19H14Br2N2O3. The Morgan fingerprint density at radius 3 is 2.38 bits per heavy atom. The van der Waals surface area contributed by atoms with Crippen LogP contribution in [-0.2, 0) is 0 Å². The van der Waals surface area contributed by atoms with E-state index >= 15 is 0 Å². The van der Waals surface area contributed by atoms with Crippen LogP contribution in [0, 0.1) is 6.92 Å². The van der Waals surface area contributed by atoms with Crippen LogP contribution in [0.4, 0.5) is 11.4 Å². The summed E-state index contributed by atoms with van der Waals surface area (Å²) in [5, 5.41) is 5.61. The zero-order chi connectivity index (χ0) is 18.7. The molecule has 0 radical (unpaired) electrons. The number of anilines is 2. The predicted octanol–water partition coefficient (Wildman–Crippen LogP) is 5.62. The van der Waals surface area contributed by atoms with Gasteiger partial charge in [-0.15, -0.1) is 0 Å². The van der Waals surface area contributed by atoms with Crippen LogP contribution in [0.25, 0.3) is 0 Å². The second-order valence-corrected chi connectivity index (χ2v) is 7.31. The lowest BCUT2D eigenvalue weighted by molar-refractivity contribution is 0.0993. The van der Waals surface area contributed by atoms with Crippen molar-refractivity contribution in [3.63, 3.8) is 0 Å². The van der Waals surface area contributed by atoms with E-state index in [1.807, 2.05) is 19.1 Å². The molecule has 0 fully saturated rings. The van der Waals surface area contributed by atoms with Gasteiger partial charge >= 0.3 is 0 Å². The zero-order valence-corrected chi connectivity index (χ0v) is 16.8. The lowest BCUT2D eigenvalue weighted by atomic mass is 10.1. The molecule has 0 unspecified atom stereocenters. The van der Waals surface area contributed by atoms with Crippen LogP contribution in [0.2, 0.25) is 0 Å². The molecule has 2 aromatic carbocycles. The highest BCUT2D eigenvalue weighted by Gasteiger charge is 2.14. The molecule has 2 N–H and O–H groups in total. The Hall–Kier alpha value is -2.38. The maximum atomic E-state index is 12.6. The number of benzene rings is 2. The van der Waals surface area contributed by atoms with Gasteiger partial charge in [-0.25, -0.2) is 0 Å². The van der Waals surface area contributed by atoms with Gasteiger partial charge in [0.2, 0.25) is 0 Å². The van der Waals surface area contributed by atoms with Crippen molar-refractivity contribution in [2.45, 2.75) is 6.92 Å². The van der Waals surface area contributed by atoms with Crippen molar-refractivity contribution in [3.8, 4) is 0 Å². The molecule has 132 valence electrons. The third-order valence-corrected chi connectivity index (χ3v) is 4.82. The molecule has 0 saturated heterocycles. The number of rotatable bonds is 4. The minimum atomic E-state index is -0.369. The van der Waals surface area contributed by atoms with E-state index in [0.717, 1.165) is 14.5 Å². The van der Waals surface area contributed by atoms with E-state index in [4.69, 9.17) is 4.42 Å². The van der Waals surface area contributed by atoms with Crippen LogP contribution in [0.15, 0.2) is 68.2 Å².